The van der Waals surface area contributed by atoms with Crippen LogP contribution in [0.15, 0.2) is 0 Å². The summed E-state index contributed by atoms with van der Waals surface area (Å²) in [5, 5.41) is 3.18. The lowest BCUT2D eigenvalue weighted by atomic mass is 10.5. The monoisotopic (exact) mass is 279 g/mol. The zero-order valence-electron chi connectivity index (χ0n) is 11.9. The van der Waals surface area contributed by atoms with Gasteiger partial charge < -0.3 is 24.7 Å². The number of nitrogens with two attached hydrogens (primary N) is 2. The molecule has 110 valence electrons. The molecule has 0 aromatic carbocycles. The highest BCUT2D eigenvalue weighted by atomic mass is 28.4. The van der Waals surface area contributed by atoms with E-state index in [-0.39, 0.29) is 6.23 Å². The molecule has 0 aliphatic heterocycles. The molecule has 0 rings (SSSR count). The van der Waals surface area contributed by atoms with E-state index in [4.69, 9.17) is 24.7 Å². The third-order valence-electron chi connectivity index (χ3n) is 2.35. The van der Waals surface area contributed by atoms with Crippen LogP contribution in [-0.2, 0) is 13.3 Å². The normalized spacial score (nSPS) is 13.8. The smallest absolute Gasteiger partial charge is 0.374 e. The van der Waals surface area contributed by atoms with Crippen LogP contribution in [0.4, 0.5) is 0 Å². The number of rotatable bonds is 12. The molecular formula is C11H29N3O3Si. The first-order valence-electron chi connectivity index (χ1n) is 6.73. The van der Waals surface area contributed by atoms with Crippen LogP contribution in [0.25, 0.3) is 0 Å². The molecule has 1 atom stereocenters. The van der Waals surface area contributed by atoms with Gasteiger partial charge in [-0.3, -0.25) is 5.32 Å². The van der Waals surface area contributed by atoms with Crippen molar-refractivity contribution in [3.8, 4) is 0 Å². The van der Waals surface area contributed by atoms with E-state index in [9.17, 15) is 0 Å². The van der Waals surface area contributed by atoms with Gasteiger partial charge >= 0.3 is 8.80 Å². The first kappa shape index (κ1) is 18.0. The summed E-state index contributed by atoms with van der Waals surface area (Å²) in [7, 11) is -2.61. The van der Waals surface area contributed by atoms with Crippen molar-refractivity contribution in [3.05, 3.63) is 0 Å². The Morgan fingerprint density at radius 2 is 1.72 bits per heavy atom. The number of hydrogen-bond acceptors (Lipinski definition) is 6. The minimum atomic E-state index is -2.61. The highest BCUT2D eigenvalue weighted by Crippen LogP contribution is 2.19. The molecule has 0 aromatic rings. The summed E-state index contributed by atoms with van der Waals surface area (Å²) >= 11 is 0. The Kier molecular flexibility index (Phi) is 10.8. The van der Waals surface area contributed by atoms with Crippen molar-refractivity contribution in [3.63, 3.8) is 0 Å². The van der Waals surface area contributed by atoms with Gasteiger partial charge in [-0.1, -0.05) is 0 Å². The third-order valence-corrected chi connectivity index (χ3v) is 5.48. The number of nitrogens with one attached hydrogen (secondary N) is 1. The fraction of sp³-hybridized carbons (Fsp3) is 1.00. The zero-order chi connectivity index (χ0) is 13.9. The Labute approximate surface area is 112 Å². The standard InChI is InChI=1S/C11H29N3O3Si/c1-4-15-18(16-5-2,10-6-7-12)17-11(3)14-9-8-13/h11,14H,4-10,12-13H2,1-3H3. The predicted octanol–water partition coefficient (Wildman–Crippen LogP) is 0.258. The summed E-state index contributed by atoms with van der Waals surface area (Å²) < 4.78 is 17.6. The van der Waals surface area contributed by atoms with E-state index in [0.717, 1.165) is 12.5 Å². The van der Waals surface area contributed by atoms with Crippen molar-refractivity contribution in [2.24, 2.45) is 11.5 Å². The predicted molar refractivity (Wildman–Crippen MR) is 75.1 cm³/mol. The molecule has 0 spiro atoms. The lowest BCUT2D eigenvalue weighted by Crippen LogP contribution is -2.51. The van der Waals surface area contributed by atoms with E-state index >= 15 is 0 Å². The van der Waals surface area contributed by atoms with E-state index in [1.165, 1.54) is 0 Å². The molecule has 0 bridgehead atoms. The first-order chi connectivity index (χ1) is 8.64. The van der Waals surface area contributed by atoms with Crippen LogP contribution >= 0.6 is 0 Å². The lowest BCUT2D eigenvalue weighted by molar-refractivity contribution is 0.0268. The van der Waals surface area contributed by atoms with Crippen molar-refractivity contribution in [1.82, 2.24) is 5.32 Å². The van der Waals surface area contributed by atoms with E-state index in [0.29, 0.717) is 32.8 Å². The summed E-state index contributed by atoms with van der Waals surface area (Å²) in [5.74, 6) is 0. The molecule has 6 nitrogen and oxygen atoms in total. The molecule has 0 heterocycles. The summed E-state index contributed by atoms with van der Waals surface area (Å²) in [6.07, 6.45) is 0.714. The average Bonchev–Trinajstić information content (AvgIpc) is 2.34. The molecule has 7 heteroatoms. The number of hydrogen-bond donors (Lipinski definition) is 3. The van der Waals surface area contributed by atoms with Gasteiger partial charge in [-0.2, -0.15) is 0 Å². The van der Waals surface area contributed by atoms with Gasteiger partial charge in [0.25, 0.3) is 0 Å². The van der Waals surface area contributed by atoms with Gasteiger partial charge in [0.15, 0.2) is 0 Å². The molecule has 0 saturated carbocycles. The first-order valence-corrected chi connectivity index (χ1v) is 8.66. The van der Waals surface area contributed by atoms with E-state index < -0.39 is 8.80 Å². The molecule has 0 fully saturated rings. The van der Waals surface area contributed by atoms with Gasteiger partial charge in [-0.25, -0.2) is 0 Å². The third kappa shape index (κ3) is 7.42. The van der Waals surface area contributed by atoms with E-state index in [1.807, 2.05) is 20.8 Å². The van der Waals surface area contributed by atoms with Gasteiger partial charge in [0.1, 0.15) is 0 Å². The SMILES string of the molecule is CCO[Si](CCCN)(OCC)OC(C)NCCN. The van der Waals surface area contributed by atoms with Crippen LogP contribution in [0.5, 0.6) is 0 Å². The largest absolute Gasteiger partial charge is 0.502 e. The minimum absolute atomic E-state index is 0.129. The fourth-order valence-corrected chi connectivity index (χ4v) is 4.43. The topological polar surface area (TPSA) is 91.8 Å². The van der Waals surface area contributed by atoms with Crippen LogP contribution in [0, 0.1) is 0 Å². The summed E-state index contributed by atoms with van der Waals surface area (Å²) in [6.45, 7) is 8.91. The Morgan fingerprint density at radius 1 is 1.11 bits per heavy atom. The minimum Gasteiger partial charge on any atom is -0.374 e. The van der Waals surface area contributed by atoms with Crippen molar-refractivity contribution in [1.29, 1.82) is 0 Å². The molecule has 1 unspecified atom stereocenters. The maximum atomic E-state index is 6.00. The average molecular weight is 279 g/mol. The van der Waals surface area contributed by atoms with Crippen LogP contribution in [0.1, 0.15) is 27.2 Å². The maximum Gasteiger partial charge on any atom is 0.502 e. The second-order valence-corrected chi connectivity index (χ2v) is 6.62. The molecule has 5 N–H and O–H groups in total. The second kappa shape index (κ2) is 10.9. The van der Waals surface area contributed by atoms with Gasteiger partial charge in [0.2, 0.25) is 0 Å². The molecule has 0 saturated heterocycles. The van der Waals surface area contributed by atoms with Gasteiger partial charge in [0.05, 0.1) is 6.23 Å². The van der Waals surface area contributed by atoms with Crippen molar-refractivity contribution in [2.75, 3.05) is 32.8 Å². The van der Waals surface area contributed by atoms with E-state index in [1.54, 1.807) is 0 Å². The van der Waals surface area contributed by atoms with Crippen molar-refractivity contribution >= 4 is 8.80 Å². The molecule has 0 aliphatic rings. The summed E-state index contributed by atoms with van der Waals surface area (Å²) in [4.78, 5) is 0. The lowest BCUT2D eigenvalue weighted by Gasteiger charge is -2.32. The van der Waals surface area contributed by atoms with Gasteiger partial charge in [-0.05, 0) is 33.7 Å². The van der Waals surface area contributed by atoms with Crippen molar-refractivity contribution < 1.29 is 13.3 Å². The molecule has 0 aromatic heterocycles. The quantitative estimate of drug-likeness (QED) is 0.350. The van der Waals surface area contributed by atoms with Crippen LogP contribution in [0.3, 0.4) is 0 Å². The Balaban J connectivity index is 4.47. The second-order valence-electron chi connectivity index (χ2n) is 3.94. The van der Waals surface area contributed by atoms with Gasteiger partial charge in [0, 0.05) is 32.3 Å². The molecule has 0 radical (unpaired) electrons. The summed E-state index contributed by atoms with van der Waals surface area (Å²) in [6, 6.07) is 0.750. The molecule has 18 heavy (non-hydrogen) atoms. The molecular weight excluding hydrogens is 250 g/mol. The fourth-order valence-electron chi connectivity index (χ4n) is 1.67. The summed E-state index contributed by atoms with van der Waals surface area (Å²) in [5.41, 5.74) is 11.0. The highest BCUT2D eigenvalue weighted by molar-refractivity contribution is 6.60. The maximum absolute atomic E-state index is 6.00. The van der Waals surface area contributed by atoms with Crippen LogP contribution in [-0.4, -0.2) is 47.9 Å². The van der Waals surface area contributed by atoms with Gasteiger partial charge in [-0.15, -0.1) is 0 Å². The molecule has 0 aliphatic carbocycles. The molecule has 0 amide bonds. The Morgan fingerprint density at radius 3 is 2.17 bits per heavy atom. The van der Waals surface area contributed by atoms with Crippen molar-refractivity contribution in [2.45, 2.75) is 39.5 Å². The highest BCUT2D eigenvalue weighted by Gasteiger charge is 2.41. The Hall–Kier alpha value is -0.0231. The zero-order valence-corrected chi connectivity index (χ0v) is 12.9. The Bertz CT molecular complexity index is 192. The van der Waals surface area contributed by atoms with Crippen LogP contribution in [0.2, 0.25) is 6.04 Å². The van der Waals surface area contributed by atoms with Crippen LogP contribution < -0.4 is 16.8 Å². The van der Waals surface area contributed by atoms with E-state index in [2.05, 4.69) is 5.32 Å².